The Bertz CT molecular complexity index is 1100. The van der Waals surface area contributed by atoms with Gasteiger partial charge in [-0.1, -0.05) is 62.4 Å². The molecular formula is C25H28N2O3. The minimum absolute atomic E-state index is 0.0135. The second-order valence-electron chi connectivity index (χ2n) is 7.45. The number of hydrogen-bond donors (Lipinski definition) is 1. The van der Waals surface area contributed by atoms with E-state index in [0.717, 1.165) is 29.7 Å². The summed E-state index contributed by atoms with van der Waals surface area (Å²) in [7, 11) is 0. The lowest BCUT2D eigenvalue weighted by atomic mass is 9.99. The van der Waals surface area contributed by atoms with Gasteiger partial charge in [0.25, 0.3) is 0 Å². The number of carboxylic acids is 1. The van der Waals surface area contributed by atoms with Gasteiger partial charge in [0.05, 0.1) is 17.8 Å². The molecule has 0 aliphatic carbocycles. The Kier molecular flexibility index (Phi) is 6.72. The van der Waals surface area contributed by atoms with Crippen molar-refractivity contribution in [2.75, 3.05) is 0 Å². The zero-order valence-electron chi connectivity index (χ0n) is 17.7. The summed E-state index contributed by atoms with van der Waals surface area (Å²) in [5, 5.41) is 9.43. The maximum Gasteiger partial charge on any atom is 0.336 e. The first-order chi connectivity index (χ1) is 14.5. The van der Waals surface area contributed by atoms with Gasteiger partial charge in [-0.05, 0) is 48.6 Å². The summed E-state index contributed by atoms with van der Waals surface area (Å²) in [5.41, 5.74) is 3.67. The summed E-state index contributed by atoms with van der Waals surface area (Å²) in [5.74, 6) is -0.944. The third-order valence-corrected chi connectivity index (χ3v) is 5.39. The van der Waals surface area contributed by atoms with Crippen LogP contribution in [0.3, 0.4) is 0 Å². The van der Waals surface area contributed by atoms with Crippen molar-refractivity contribution in [1.29, 1.82) is 0 Å². The van der Waals surface area contributed by atoms with Crippen LogP contribution in [0.4, 0.5) is 0 Å². The van der Waals surface area contributed by atoms with E-state index < -0.39 is 5.97 Å². The highest BCUT2D eigenvalue weighted by Gasteiger charge is 2.14. The van der Waals surface area contributed by atoms with Crippen molar-refractivity contribution in [3.05, 3.63) is 88.1 Å². The van der Waals surface area contributed by atoms with Crippen molar-refractivity contribution >= 4 is 12.0 Å². The summed E-state index contributed by atoms with van der Waals surface area (Å²) in [6.45, 7) is 6.66. The summed E-state index contributed by atoms with van der Waals surface area (Å²) >= 11 is 0. The Labute approximate surface area is 176 Å². The van der Waals surface area contributed by atoms with Gasteiger partial charge >= 0.3 is 11.7 Å². The third kappa shape index (κ3) is 4.46. The van der Waals surface area contributed by atoms with E-state index in [9.17, 15) is 14.7 Å². The van der Waals surface area contributed by atoms with Crippen LogP contribution < -0.4 is 5.69 Å². The van der Waals surface area contributed by atoms with Gasteiger partial charge in [0.15, 0.2) is 0 Å². The molecule has 0 fully saturated rings. The number of aromatic nitrogens is 2. The second-order valence-corrected chi connectivity index (χ2v) is 7.45. The molecule has 1 atom stereocenters. The third-order valence-electron chi connectivity index (χ3n) is 5.39. The molecule has 2 aromatic carbocycles. The van der Waals surface area contributed by atoms with Crippen LogP contribution in [0.15, 0.2) is 65.6 Å². The van der Waals surface area contributed by atoms with E-state index in [2.05, 4.69) is 19.9 Å². The van der Waals surface area contributed by atoms with Gasteiger partial charge in [-0.2, -0.15) is 0 Å². The highest BCUT2D eigenvalue weighted by atomic mass is 16.4. The first-order valence-corrected chi connectivity index (χ1v) is 10.4. The van der Waals surface area contributed by atoms with Crippen molar-refractivity contribution in [3.8, 4) is 11.1 Å². The molecule has 0 amide bonds. The van der Waals surface area contributed by atoms with Crippen LogP contribution in [0.1, 0.15) is 61.3 Å². The van der Waals surface area contributed by atoms with E-state index in [1.807, 2.05) is 55.6 Å². The molecule has 0 radical (unpaired) electrons. The average Bonchev–Trinajstić information content (AvgIpc) is 3.07. The maximum atomic E-state index is 13.0. The lowest BCUT2D eigenvalue weighted by Gasteiger charge is -2.10. The van der Waals surface area contributed by atoms with E-state index in [-0.39, 0.29) is 17.3 Å². The molecule has 5 heteroatoms. The largest absolute Gasteiger partial charge is 0.478 e. The van der Waals surface area contributed by atoms with Gasteiger partial charge in [0.2, 0.25) is 0 Å². The van der Waals surface area contributed by atoms with Gasteiger partial charge in [-0.25, -0.2) is 9.59 Å². The molecule has 1 N–H and O–H groups in total. The molecule has 156 valence electrons. The van der Waals surface area contributed by atoms with Crippen LogP contribution in [0.25, 0.3) is 17.2 Å². The Morgan fingerprint density at radius 2 is 1.80 bits per heavy atom. The molecular weight excluding hydrogens is 376 g/mol. The van der Waals surface area contributed by atoms with Crippen molar-refractivity contribution < 1.29 is 9.90 Å². The monoisotopic (exact) mass is 404 g/mol. The van der Waals surface area contributed by atoms with Gasteiger partial charge in [0, 0.05) is 12.2 Å². The fourth-order valence-corrected chi connectivity index (χ4v) is 3.45. The second kappa shape index (κ2) is 9.44. The molecule has 1 unspecified atom stereocenters. The number of carbonyl (C=O) groups is 1. The van der Waals surface area contributed by atoms with Gasteiger partial charge in [-0.15, -0.1) is 0 Å². The molecule has 1 aromatic heterocycles. The number of hydrogen-bond acceptors (Lipinski definition) is 2. The molecule has 0 saturated heterocycles. The Morgan fingerprint density at radius 1 is 1.10 bits per heavy atom. The molecule has 3 rings (SSSR count). The quantitative estimate of drug-likeness (QED) is 0.542. The molecule has 3 aromatic rings. The molecule has 0 aliphatic rings. The number of allylic oxidation sites excluding steroid dienone is 1. The molecule has 0 spiro atoms. The lowest BCUT2D eigenvalue weighted by Crippen LogP contribution is -2.26. The van der Waals surface area contributed by atoms with E-state index in [0.29, 0.717) is 12.1 Å². The average molecular weight is 405 g/mol. The summed E-state index contributed by atoms with van der Waals surface area (Å²) in [4.78, 5) is 24.5. The van der Waals surface area contributed by atoms with E-state index in [1.54, 1.807) is 21.3 Å². The topological polar surface area (TPSA) is 64.2 Å². The van der Waals surface area contributed by atoms with Gasteiger partial charge in [0.1, 0.15) is 0 Å². The zero-order chi connectivity index (χ0) is 21.7. The van der Waals surface area contributed by atoms with Crippen LogP contribution in [-0.4, -0.2) is 20.2 Å². The molecule has 30 heavy (non-hydrogen) atoms. The highest BCUT2D eigenvalue weighted by Crippen LogP contribution is 2.24. The van der Waals surface area contributed by atoms with E-state index in [4.69, 9.17) is 0 Å². The number of carboxylic acid groups (broad SMARTS) is 1. The molecule has 0 bridgehead atoms. The first kappa shape index (κ1) is 21.4. The van der Waals surface area contributed by atoms with E-state index >= 15 is 0 Å². The van der Waals surface area contributed by atoms with Gasteiger partial charge < -0.3 is 5.11 Å². The molecule has 0 aliphatic heterocycles. The van der Waals surface area contributed by atoms with Crippen LogP contribution in [0, 0.1) is 0 Å². The van der Waals surface area contributed by atoms with Crippen molar-refractivity contribution in [1.82, 2.24) is 9.13 Å². The fraction of sp³-hybridized carbons (Fsp3) is 0.280. The summed E-state index contributed by atoms with van der Waals surface area (Å²) in [6, 6.07) is 14.8. The number of benzene rings is 2. The van der Waals surface area contributed by atoms with Crippen LogP contribution in [0.2, 0.25) is 0 Å². The van der Waals surface area contributed by atoms with Crippen molar-refractivity contribution in [3.63, 3.8) is 0 Å². The summed E-state index contributed by atoms with van der Waals surface area (Å²) in [6.07, 6.45) is 7.77. The Hall–Kier alpha value is -3.34. The fourth-order valence-electron chi connectivity index (χ4n) is 3.45. The highest BCUT2D eigenvalue weighted by molar-refractivity contribution is 5.95. The van der Waals surface area contributed by atoms with Crippen LogP contribution in [0.5, 0.6) is 0 Å². The van der Waals surface area contributed by atoms with E-state index in [1.165, 1.54) is 0 Å². The first-order valence-electron chi connectivity index (χ1n) is 10.4. The molecule has 5 nitrogen and oxygen atoms in total. The lowest BCUT2D eigenvalue weighted by molar-refractivity contribution is 0.0697. The van der Waals surface area contributed by atoms with Crippen molar-refractivity contribution in [2.45, 2.75) is 46.2 Å². The maximum absolute atomic E-state index is 13.0. The van der Waals surface area contributed by atoms with Crippen LogP contribution in [-0.2, 0) is 6.54 Å². The summed E-state index contributed by atoms with van der Waals surface area (Å²) < 4.78 is 3.59. The smallest absolute Gasteiger partial charge is 0.336 e. The van der Waals surface area contributed by atoms with Crippen LogP contribution >= 0.6 is 0 Å². The normalized spacial score (nSPS) is 12.4. The zero-order valence-corrected chi connectivity index (χ0v) is 17.7. The van der Waals surface area contributed by atoms with Gasteiger partial charge in [-0.3, -0.25) is 9.13 Å². The standard InChI is InChI=1S/C25H28N2O3/c1-4-6-9-21-17-26(18(3)5-2)25(30)27(21)16-19-12-14-20(15-13-19)22-10-7-8-11-23(22)24(28)29/h6-15,17-18H,4-5,16H2,1-3H3,(H,28,29). The minimum Gasteiger partial charge on any atom is -0.478 e. The minimum atomic E-state index is -0.944. The Morgan fingerprint density at radius 3 is 2.43 bits per heavy atom. The predicted octanol–water partition coefficient (Wildman–Crippen LogP) is 5.46. The Balaban J connectivity index is 1.94. The number of rotatable bonds is 8. The van der Waals surface area contributed by atoms with Crippen molar-refractivity contribution in [2.24, 2.45) is 0 Å². The molecule has 1 heterocycles. The number of aromatic carboxylic acids is 1. The number of imidazole rings is 1. The number of nitrogens with zero attached hydrogens (tertiary/aromatic N) is 2. The predicted molar refractivity (Wildman–Crippen MR) is 121 cm³/mol. The molecule has 0 saturated carbocycles. The SMILES string of the molecule is CCC=Cc1cn(C(C)CC)c(=O)n1Cc1ccc(-c2ccccc2C(=O)O)cc1.